The monoisotopic (exact) mass is 364 g/mol. The van der Waals surface area contributed by atoms with Crippen LogP contribution in [0.2, 0.25) is 5.02 Å². The molecule has 21 heavy (non-hydrogen) atoms. The van der Waals surface area contributed by atoms with E-state index in [-0.39, 0.29) is 0 Å². The van der Waals surface area contributed by atoms with Crippen LogP contribution in [-0.2, 0) is 0 Å². The van der Waals surface area contributed by atoms with Gasteiger partial charge < -0.3 is 11.5 Å². The molecule has 0 aliphatic heterocycles. The van der Waals surface area contributed by atoms with E-state index in [1.807, 2.05) is 6.07 Å². The number of hydrogen-bond acceptors (Lipinski definition) is 5. The highest BCUT2D eigenvalue weighted by atomic mass is 79.9. The Morgan fingerprint density at radius 2 is 1.90 bits per heavy atom. The van der Waals surface area contributed by atoms with Crippen molar-refractivity contribution >= 4 is 38.9 Å². The van der Waals surface area contributed by atoms with E-state index in [9.17, 15) is 0 Å². The Bertz CT molecular complexity index is 750. The Hall–Kier alpha value is -2.12. The third-order valence-corrected chi connectivity index (χ3v) is 3.79. The second-order valence-corrected chi connectivity index (χ2v) is 5.65. The van der Waals surface area contributed by atoms with Crippen LogP contribution in [0.4, 0.5) is 11.4 Å². The summed E-state index contributed by atoms with van der Waals surface area (Å²) in [4.78, 5) is 0. The molecule has 0 aliphatic carbocycles. The van der Waals surface area contributed by atoms with E-state index in [1.54, 1.807) is 35.0 Å². The van der Waals surface area contributed by atoms with Crippen molar-refractivity contribution in [2.45, 2.75) is 0 Å². The maximum atomic E-state index is 6.00. The van der Waals surface area contributed by atoms with Gasteiger partial charge >= 0.3 is 0 Å². The van der Waals surface area contributed by atoms with E-state index in [4.69, 9.17) is 23.1 Å². The molecule has 0 radical (unpaired) electrons. The molecule has 6 nitrogen and oxygen atoms in total. The smallest absolute Gasteiger partial charge is 0.189 e. The van der Waals surface area contributed by atoms with Crippen LogP contribution >= 0.6 is 27.5 Å². The predicted molar refractivity (Wildman–Crippen MR) is 86.1 cm³/mol. The second kappa shape index (κ2) is 5.34. The highest BCUT2D eigenvalue weighted by Crippen LogP contribution is 2.30. The van der Waals surface area contributed by atoms with E-state index < -0.39 is 0 Å². The van der Waals surface area contributed by atoms with Crippen LogP contribution in [-0.4, -0.2) is 20.2 Å². The average molecular weight is 366 g/mol. The number of hydrogen-bond donors (Lipinski definition) is 2. The molecule has 3 rings (SSSR count). The molecular weight excluding hydrogens is 356 g/mol. The summed E-state index contributed by atoms with van der Waals surface area (Å²) in [5.74, 6) is 0.524. The van der Waals surface area contributed by atoms with Crippen LogP contribution in [0, 0.1) is 0 Å². The van der Waals surface area contributed by atoms with Crippen LogP contribution in [0.15, 0.2) is 40.9 Å². The molecule has 4 N–H and O–H groups in total. The molecule has 0 spiro atoms. The van der Waals surface area contributed by atoms with Gasteiger partial charge in [0.2, 0.25) is 0 Å². The fraction of sp³-hybridized carbons (Fsp3) is 0. The molecule has 0 fully saturated rings. The summed E-state index contributed by atoms with van der Waals surface area (Å²) in [5.41, 5.74) is 14.3. The van der Waals surface area contributed by atoms with Crippen molar-refractivity contribution in [2.24, 2.45) is 0 Å². The number of nitrogen functional groups attached to an aromatic ring is 2. The topological polar surface area (TPSA) is 95.6 Å². The summed E-state index contributed by atoms with van der Waals surface area (Å²) in [6.07, 6.45) is 0. The number of nitrogens with zero attached hydrogens (tertiary/aromatic N) is 4. The minimum absolute atomic E-state index is 0.510. The van der Waals surface area contributed by atoms with E-state index in [0.717, 1.165) is 10.2 Å². The largest absolute Gasteiger partial charge is 0.399 e. The van der Waals surface area contributed by atoms with Gasteiger partial charge in [-0.3, -0.25) is 0 Å². The van der Waals surface area contributed by atoms with Gasteiger partial charge in [-0.2, -0.15) is 4.68 Å². The van der Waals surface area contributed by atoms with Crippen LogP contribution in [0.5, 0.6) is 0 Å². The first-order valence-electron chi connectivity index (χ1n) is 5.95. The van der Waals surface area contributed by atoms with Gasteiger partial charge in [0.25, 0.3) is 0 Å². The Morgan fingerprint density at radius 3 is 2.62 bits per heavy atom. The molecule has 0 saturated carbocycles. The van der Waals surface area contributed by atoms with Crippen molar-refractivity contribution in [3.63, 3.8) is 0 Å². The standard InChI is InChI=1S/C13H10BrClN6/c14-10-5-7(15)1-4-12(10)21-13(18-19-20-21)9-3-2-8(16)6-11(9)17/h1-6H,16-17H2. The molecule has 2 aromatic carbocycles. The van der Waals surface area contributed by atoms with Gasteiger partial charge in [0.05, 0.1) is 5.69 Å². The molecule has 106 valence electrons. The summed E-state index contributed by atoms with van der Waals surface area (Å²) in [6, 6.07) is 10.6. The normalized spacial score (nSPS) is 10.8. The Balaban J connectivity index is 2.17. The van der Waals surface area contributed by atoms with Crippen molar-refractivity contribution < 1.29 is 0 Å². The Labute approximate surface area is 133 Å². The third kappa shape index (κ3) is 2.57. The zero-order chi connectivity index (χ0) is 15.0. The molecular formula is C13H10BrClN6. The van der Waals surface area contributed by atoms with Crippen LogP contribution in [0.1, 0.15) is 0 Å². The first-order chi connectivity index (χ1) is 10.1. The van der Waals surface area contributed by atoms with E-state index in [2.05, 4.69) is 31.5 Å². The molecule has 0 saturated heterocycles. The zero-order valence-corrected chi connectivity index (χ0v) is 13.0. The fourth-order valence-electron chi connectivity index (χ4n) is 1.96. The summed E-state index contributed by atoms with van der Waals surface area (Å²) in [6.45, 7) is 0. The van der Waals surface area contributed by atoms with Gasteiger partial charge in [-0.15, -0.1) is 5.10 Å². The van der Waals surface area contributed by atoms with Crippen molar-refractivity contribution in [3.05, 3.63) is 45.9 Å². The van der Waals surface area contributed by atoms with Crippen molar-refractivity contribution in [3.8, 4) is 17.1 Å². The van der Waals surface area contributed by atoms with E-state index in [1.165, 1.54) is 0 Å². The number of halogens is 2. The number of rotatable bonds is 2. The summed E-state index contributed by atoms with van der Waals surface area (Å²) in [7, 11) is 0. The lowest BCUT2D eigenvalue weighted by molar-refractivity contribution is 0.789. The van der Waals surface area contributed by atoms with Crippen molar-refractivity contribution in [2.75, 3.05) is 11.5 Å². The Morgan fingerprint density at radius 1 is 1.10 bits per heavy atom. The van der Waals surface area contributed by atoms with Crippen molar-refractivity contribution in [1.29, 1.82) is 0 Å². The highest BCUT2D eigenvalue weighted by Gasteiger charge is 2.15. The van der Waals surface area contributed by atoms with E-state index >= 15 is 0 Å². The van der Waals surface area contributed by atoms with Crippen LogP contribution in [0.3, 0.4) is 0 Å². The lowest BCUT2D eigenvalue weighted by Gasteiger charge is -2.09. The molecule has 0 bridgehead atoms. The lowest BCUT2D eigenvalue weighted by Crippen LogP contribution is -2.03. The van der Waals surface area contributed by atoms with Gasteiger partial charge in [0, 0.05) is 26.4 Å². The summed E-state index contributed by atoms with van der Waals surface area (Å²) >= 11 is 9.41. The number of benzene rings is 2. The molecule has 0 unspecified atom stereocenters. The first kappa shape index (κ1) is 13.8. The zero-order valence-electron chi connectivity index (χ0n) is 10.7. The number of anilines is 2. The minimum Gasteiger partial charge on any atom is -0.399 e. The molecule has 0 atom stereocenters. The second-order valence-electron chi connectivity index (χ2n) is 4.36. The first-order valence-corrected chi connectivity index (χ1v) is 7.12. The molecule has 3 aromatic rings. The quantitative estimate of drug-likeness (QED) is 0.681. The van der Waals surface area contributed by atoms with E-state index in [0.29, 0.717) is 27.8 Å². The summed E-state index contributed by atoms with van der Waals surface area (Å²) < 4.78 is 2.36. The predicted octanol–water partition coefficient (Wildman–Crippen LogP) is 2.91. The highest BCUT2D eigenvalue weighted by molar-refractivity contribution is 9.10. The van der Waals surface area contributed by atoms with Crippen LogP contribution < -0.4 is 11.5 Å². The van der Waals surface area contributed by atoms with Crippen LogP contribution in [0.25, 0.3) is 17.1 Å². The number of aromatic nitrogens is 4. The Kier molecular flexibility index (Phi) is 3.52. The van der Waals surface area contributed by atoms with Gasteiger partial charge in [-0.1, -0.05) is 11.6 Å². The van der Waals surface area contributed by atoms with Gasteiger partial charge in [0.1, 0.15) is 0 Å². The summed E-state index contributed by atoms with van der Waals surface area (Å²) in [5, 5.41) is 12.4. The van der Waals surface area contributed by atoms with Gasteiger partial charge in [-0.25, -0.2) is 0 Å². The SMILES string of the molecule is Nc1ccc(-c2nnnn2-c2ccc(Cl)cc2Br)c(N)c1. The fourth-order valence-corrected chi connectivity index (χ4v) is 2.81. The minimum atomic E-state index is 0.510. The molecule has 1 aromatic heterocycles. The molecule has 0 amide bonds. The van der Waals surface area contributed by atoms with Crippen molar-refractivity contribution in [1.82, 2.24) is 20.2 Å². The van der Waals surface area contributed by atoms with Gasteiger partial charge in [0.15, 0.2) is 5.82 Å². The van der Waals surface area contributed by atoms with Gasteiger partial charge in [-0.05, 0) is 62.8 Å². The lowest BCUT2D eigenvalue weighted by atomic mass is 10.1. The maximum Gasteiger partial charge on any atom is 0.189 e. The maximum absolute atomic E-state index is 6.00. The molecule has 0 aliphatic rings. The number of nitrogens with two attached hydrogens (primary N) is 2. The number of tetrazole rings is 1. The average Bonchev–Trinajstić information content (AvgIpc) is 2.87. The third-order valence-electron chi connectivity index (χ3n) is 2.92. The molecule has 8 heteroatoms. The molecule has 1 heterocycles.